The highest BCUT2D eigenvalue weighted by atomic mass is 16.5. The van der Waals surface area contributed by atoms with Crippen molar-refractivity contribution >= 4 is 29.1 Å². The summed E-state index contributed by atoms with van der Waals surface area (Å²) in [5, 5.41) is 14.4. The Kier molecular flexibility index (Phi) is 4.93. The van der Waals surface area contributed by atoms with Crippen LogP contribution in [0.4, 0.5) is 21.9 Å². The monoisotopic (exact) mass is 329 g/mol. The zero-order valence-electron chi connectivity index (χ0n) is 13.4. The van der Waals surface area contributed by atoms with Crippen LogP contribution in [0.2, 0.25) is 0 Å². The molecule has 0 aliphatic rings. The molecule has 0 fully saturated rings. The second-order valence-corrected chi connectivity index (χ2v) is 5.65. The number of carbonyl (C=O) groups is 2. The number of anilines is 3. The minimum atomic E-state index is -1.33. The number of aliphatic carboxylic acids is 1. The topological polar surface area (TPSA) is 114 Å². The van der Waals surface area contributed by atoms with Gasteiger partial charge in [-0.15, -0.1) is 0 Å². The number of nitrogens with two attached hydrogens (primary N) is 1. The van der Waals surface area contributed by atoms with Crippen molar-refractivity contribution in [3.63, 3.8) is 0 Å². The van der Waals surface area contributed by atoms with Gasteiger partial charge in [0.1, 0.15) is 5.75 Å². The van der Waals surface area contributed by atoms with E-state index in [0.717, 1.165) is 0 Å². The molecular weight excluding hydrogens is 310 g/mol. The number of hydrogen-bond donors (Lipinski definition) is 4. The molecule has 0 radical (unpaired) electrons. The summed E-state index contributed by atoms with van der Waals surface area (Å²) < 4.78 is 5.39. The van der Waals surface area contributed by atoms with Gasteiger partial charge in [0, 0.05) is 17.1 Å². The number of urea groups is 1. The molecule has 0 saturated heterocycles. The van der Waals surface area contributed by atoms with E-state index < -0.39 is 17.6 Å². The van der Waals surface area contributed by atoms with E-state index in [4.69, 9.17) is 15.6 Å². The fourth-order valence-electron chi connectivity index (χ4n) is 1.85. The lowest BCUT2D eigenvalue weighted by Gasteiger charge is -2.21. The van der Waals surface area contributed by atoms with Crippen molar-refractivity contribution in [1.82, 2.24) is 0 Å². The number of carbonyl (C=O) groups excluding carboxylic acids is 1. The van der Waals surface area contributed by atoms with Crippen LogP contribution in [0.1, 0.15) is 13.8 Å². The molecule has 2 amide bonds. The lowest BCUT2D eigenvalue weighted by molar-refractivity contribution is -0.152. The smallest absolute Gasteiger partial charge is 0.347 e. The third-order valence-electron chi connectivity index (χ3n) is 3.14. The first-order chi connectivity index (χ1) is 11.3. The summed E-state index contributed by atoms with van der Waals surface area (Å²) in [7, 11) is 0. The first kappa shape index (κ1) is 17.1. The van der Waals surface area contributed by atoms with Crippen LogP contribution in [-0.2, 0) is 4.79 Å². The third-order valence-corrected chi connectivity index (χ3v) is 3.14. The summed E-state index contributed by atoms with van der Waals surface area (Å²) in [6.07, 6.45) is 0. The number of ether oxygens (including phenoxy) is 1. The Balaban J connectivity index is 1.96. The Hall–Kier alpha value is -3.22. The molecule has 0 atom stereocenters. The number of carboxylic acid groups (broad SMARTS) is 1. The molecule has 2 aromatic rings. The maximum atomic E-state index is 11.9. The highest BCUT2D eigenvalue weighted by Crippen LogP contribution is 2.21. The number of nitrogens with one attached hydrogen (secondary N) is 2. The SMILES string of the molecule is CC(C)(Oc1ccc(NC(=O)Nc2cccc(N)c2)cc1)C(=O)O. The second kappa shape index (κ2) is 6.91. The fourth-order valence-corrected chi connectivity index (χ4v) is 1.85. The quantitative estimate of drug-likeness (QED) is 0.629. The van der Waals surface area contributed by atoms with Gasteiger partial charge in [-0.2, -0.15) is 0 Å². The van der Waals surface area contributed by atoms with Gasteiger partial charge in [-0.1, -0.05) is 6.07 Å². The average Bonchev–Trinajstić information content (AvgIpc) is 2.48. The van der Waals surface area contributed by atoms with E-state index >= 15 is 0 Å². The number of benzene rings is 2. The van der Waals surface area contributed by atoms with Crippen LogP contribution >= 0.6 is 0 Å². The average molecular weight is 329 g/mol. The van der Waals surface area contributed by atoms with E-state index in [1.165, 1.54) is 13.8 Å². The molecule has 0 unspecified atom stereocenters. The van der Waals surface area contributed by atoms with Crippen LogP contribution in [0.3, 0.4) is 0 Å². The van der Waals surface area contributed by atoms with E-state index in [2.05, 4.69) is 10.6 Å². The van der Waals surface area contributed by atoms with E-state index in [9.17, 15) is 9.59 Å². The fraction of sp³-hybridized carbons (Fsp3) is 0.176. The molecule has 0 aromatic heterocycles. The predicted molar refractivity (Wildman–Crippen MR) is 92.3 cm³/mol. The minimum absolute atomic E-state index is 0.393. The molecule has 0 bridgehead atoms. The van der Waals surface area contributed by atoms with Crippen molar-refractivity contribution in [2.24, 2.45) is 0 Å². The molecule has 0 spiro atoms. The van der Waals surface area contributed by atoms with Crippen molar-refractivity contribution in [1.29, 1.82) is 0 Å². The summed E-state index contributed by atoms with van der Waals surface area (Å²) in [5.41, 5.74) is 5.98. The largest absolute Gasteiger partial charge is 0.478 e. The highest BCUT2D eigenvalue weighted by molar-refractivity contribution is 6.00. The normalized spacial score (nSPS) is 10.8. The van der Waals surface area contributed by atoms with Gasteiger partial charge in [-0.25, -0.2) is 9.59 Å². The van der Waals surface area contributed by atoms with Gasteiger partial charge >= 0.3 is 12.0 Å². The molecule has 5 N–H and O–H groups in total. The maximum absolute atomic E-state index is 11.9. The molecule has 24 heavy (non-hydrogen) atoms. The summed E-state index contributed by atoms with van der Waals surface area (Å²) in [4.78, 5) is 23.0. The number of hydrogen-bond acceptors (Lipinski definition) is 4. The van der Waals surface area contributed by atoms with Crippen LogP contribution in [0.5, 0.6) is 5.75 Å². The molecule has 0 aliphatic heterocycles. The molecular formula is C17H19N3O4. The third kappa shape index (κ3) is 4.64. The van der Waals surface area contributed by atoms with Crippen LogP contribution in [0.15, 0.2) is 48.5 Å². The number of carboxylic acids is 1. The van der Waals surface area contributed by atoms with Gasteiger partial charge in [0.15, 0.2) is 5.60 Å². The molecule has 7 nitrogen and oxygen atoms in total. The first-order valence-electron chi connectivity index (χ1n) is 7.22. The lowest BCUT2D eigenvalue weighted by atomic mass is 10.1. The molecule has 2 rings (SSSR count). The Labute approximate surface area is 139 Å². The van der Waals surface area contributed by atoms with Crippen molar-refractivity contribution in [3.05, 3.63) is 48.5 Å². The van der Waals surface area contributed by atoms with Crippen molar-refractivity contribution in [2.45, 2.75) is 19.4 Å². The Morgan fingerprint density at radius 1 is 1.04 bits per heavy atom. The molecule has 0 saturated carbocycles. The van der Waals surface area contributed by atoms with Gasteiger partial charge in [0.25, 0.3) is 0 Å². The maximum Gasteiger partial charge on any atom is 0.347 e. The summed E-state index contributed by atoms with van der Waals surface area (Å²) >= 11 is 0. The van der Waals surface area contributed by atoms with Gasteiger partial charge in [-0.3, -0.25) is 0 Å². The number of nitrogen functional groups attached to an aromatic ring is 1. The summed E-state index contributed by atoms with van der Waals surface area (Å²) in [5.74, 6) is -0.671. The van der Waals surface area contributed by atoms with Gasteiger partial charge in [0.2, 0.25) is 0 Å². The van der Waals surface area contributed by atoms with Crippen LogP contribution in [0, 0.1) is 0 Å². The lowest BCUT2D eigenvalue weighted by Crippen LogP contribution is -2.37. The zero-order valence-corrected chi connectivity index (χ0v) is 13.4. The minimum Gasteiger partial charge on any atom is -0.478 e. The Morgan fingerprint density at radius 2 is 1.67 bits per heavy atom. The second-order valence-electron chi connectivity index (χ2n) is 5.65. The van der Waals surface area contributed by atoms with Crippen LogP contribution in [-0.4, -0.2) is 22.7 Å². The van der Waals surface area contributed by atoms with Crippen LogP contribution in [0.25, 0.3) is 0 Å². The van der Waals surface area contributed by atoms with Gasteiger partial charge in [-0.05, 0) is 56.3 Å². The van der Waals surface area contributed by atoms with Gasteiger partial charge < -0.3 is 26.2 Å². The first-order valence-corrected chi connectivity index (χ1v) is 7.22. The predicted octanol–water partition coefficient (Wildman–Crippen LogP) is 3.15. The van der Waals surface area contributed by atoms with E-state index in [1.54, 1.807) is 48.5 Å². The van der Waals surface area contributed by atoms with E-state index in [1.807, 2.05) is 0 Å². The molecule has 2 aromatic carbocycles. The molecule has 0 heterocycles. The number of amides is 2. The van der Waals surface area contributed by atoms with Crippen molar-refractivity contribution < 1.29 is 19.4 Å². The molecule has 0 aliphatic carbocycles. The molecule has 126 valence electrons. The highest BCUT2D eigenvalue weighted by Gasteiger charge is 2.29. The standard InChI is InChI=1S/C17H19N3O4/c1-17(2,15(21)22)24-14-8-6-12(7-9-14)19-16(23)20-13-5-3-4-11(18)10-13/h3-10H,18H2,1-2H3,(H,21,22)(H2,19,20,23). The molecule has 7 heteroatoms. The zero-order chi connectivity index (χ0) is 17.7. The van der Waals surface area contributed by atoms with E-state index in [0.29, 0.717) is 22.8 Å². The van der Waals surface area contributed by atoms with Crippen molar-refractivity contribution in [3.8, 4) is 5.75 Å². The summed E-state index contributed by atoms with van der Waals surface area (Å²) in [6.45, 7) is 2.92. The number of rotatable bonds is 5. The van der Waals surface area contributed by atoms with Crippen LogP contribution < -0.4 is 21.1 Å². The Morgan fingerprint density at radius 3 is 2.25 bits per heavy atom. The van der Waals surface area contributed by atoms with Crippen molar-refractivity contribution in [2.75, 3.05) is 16.4 Å². The van der Waals surface area contributed by atoms with Gasteiger partial charge in [0.05, 0.1) is 0 Å². The summed E-state index contributed by atoms with van der Waals surface area (Å²) in [6, 6.07) is 12.8. The van der Waals surface area contributed by atoms with E-state index in [-0.39, 0.29) is 0 Å². The Bertz CT molecular complexity index is 742.